The fourth-order valence-electron chi connectivity index (χ4n) is 2.76. The first kappa shape index (κ1) is 13.0. The summed E-state index contributed by atoms with van der Waals surface area (Å²) in [6.07, 6.45) is 5.58. The van der Waals surface area contributed by atoms with Crippen molar-refractivity contribution in [3.05, 3.63) is 30.3 Å². The van der Waals surface area contributed by atoms with Crippen LogP contribution in [0.2, 0.25) is 0 Å². The normalized spacial score (nSPS) is 24.1. The molecule has 0 aromatic heterocycles. The van der Waals surface area contributed by atoms with Crippen LogP contribution < -0.4 is 5.32 Å². The second-order valence-corrected chi connectivity index (χ2v) is 5.97. The first-order chi connectivity index (χ1) is 8.40. The van der Waals surface area contributed by atoms with Gasteiger partial charge in [-0.05, 0) is 49.6 Å². The molecule has 0 radical (unpaired) electrons. The fraction of sp³-hybridized carbons (Fsp3) is 0.600. The average Bonchev–Trinajstić information content (AvgIpc) is 2.79. The van der Waals surface area contributed by atoms with E-state index < -0.39 is 0 Å². The van der Waals surface area contributed by atoms with E-state index in [2.05, 4.69) is 42.6 Å². The van der Waals surface area contributed by atoms with Crippen molar-refractivity contribution < 1.29 is 0 Å². The van der Waals surface area contributed by atoms with Crippen LogP contribution in [0.25, 0.3) is 0 Å². The molecule has 1 nitrogen and oxygen atoms in total. The van der Waals surface area contributed by atoms with Gasteiger partial charge in [0.05, 0.1) is 0 Å². The lowest BCUT2D eigenvalue weighted by molar-refractivity contribution is 0.400. The zero-order valence-corrected chi connectivity index (χ0v) is 11.5. The molecule has 1 aromatic rings. The maximum absolute atomic E-state index is 3.63. The highest BCUT2D eigenvalue weighted by Gasteiger charge is 2.25. The van der Waals surface area contributed by atoms with Gasteiger partial charge in [0.25, 0.3) is 0 Å². The molecule has 17 heavy (non-hydrogen) atoms. The molecular weight excluding hydrogens is 226 g/mol. The molecule has 0 heterocycles. The Morgan fingerprint density at radius 1 is 1.24 bits per heavy atom. The molecule has 1 aromatic carbocycles. The van der Waals surface area contributed by atoms with Gasteiger partial charge < -0.3 is 5.32 Å². The van der Waals surface area contributed by atoms with Crippen molar-refractivity contribution in [3.63, 3.8) is 0 Å². The van der Waals surface area contributed by atoms with Gasteiger partial charge in [-0.2, -0.15) is 0 Å². The largest absolute Gasteiger partial charge is 0.314 e. The Balaban J connectivity index is 1.71. The summed E-state index contributed by atoms with van der Waals surface area (Å²) < 4.78 is 0. The van der Waals surface area contributed by atoms with E-state index in [0.29, 0.717) is 0 Å². The Labute approximate surface area is 109 Å². The van der Waals surface area contributed by atoms with Gasteiger partial charge in [-0.15, -0.1) is 11.8 Å². The Kier molecular flexibility index (Phi) is 5.40. The predicted octanol–water partition coefficient (Wildman–Crippen LogP) is 3.95. The third-order valence-corrected chi connectivity index (χ3v) is 4.67. The molecule has 1 saturated carbocycles. The van der Waals surface area contributed by atoms with Crippen LogP contribution in [0.4, 0.5) is 0 Å². The standard InChI is InChI=1S/C15H23NS/c1-2-16-15-10-6-7-13(15)11-12-17-14-8-4-3-5-9-14/h3-5,8-9,13,15-16H,2,6-7,10-12H2,1H3. The fourth-order valence-corrected chi connectivity index (χ4v) is 3.76. The molecule has 0 saturated heterocycles. The maximum atomic E-state index is 3.63. The van der Waals surface area contributed by atoms with E-state index in [-0.39, 0.29) is 0 Å². The summed E-state index contributed by atoms with van der Waals surface area (Å²) in [5, 5.41) is 3.63. The Morgan fingerprint density at radius 3 is 2.82 bits per heavy atom. The number of hydrogen-bond donors (Lipinski definition) is 1. The number of benzene rings is 1. The van der Waals surface area contributed by atoms with Crippen LogP contribution in [-0.4, -0.2) is 18.3 Å². The number of hydrogen-bond acceptors (Lipinski definition) is 2. The molecular formula is C15H23NS. The number of nitrogens with one attached hydrogen (secondary N) is 1. The monoisotopic (exact) mass is 249 g/mol. The zero-order valence-electron chi connectivity index (χ0n) is 10.7. The van der Waals surface area contributed by atoms with E-state index in [1.54, 1.807) is 0 Å². The molecule has 94 valence electrons. The SMILES string of the molecule is CCNC1CCCC1CCSc1ccccc1. The highest BCUT2D eigenvalue weighted by atomic mass is 32.2. The third-order valence-electron chi connectivity index (χ3n) is 3.63. The lowest BCUT2D eigenvalue weighted by Crippen LogP contribution is -2.32. The number of thioether (sulfide) groups is 1. The van der Waals surface area contributed by atoms with Gasteiger partial charge in [-0.3, -0.25) is 0 Å². The van der Waals surface area contributed by atoms with Crippen molar-refractivity contribution in [1.82, 2.24) is 5.32 Å². The van der Waals surface area contributed by atoms with Crippen LogP contribution in [0.1, 0.15) is 32.6 Å². The Morgan fingerprint density at radius 2 is 2.06 bits per heavy atom. The third kappa shape index (κ3) is 4.04. The first-order valence-corrected chi connectivity index (χ1v) is 7.80. The minimum Gasteiger partial charge on any atom is -0.314 e. The predicted molar refractivity (Wildman–Crippen MR) is 76.6 cm³/mol. The molecule has 0 amide bonds. The van der Waals surface area contributed by atoms with Crippen molar-refractivity contribution in [1.29, 1.82) is 0 Å². The van der Waals surface area contributed by atoms with Gasteiger partial charge in [0.2, 0.25) is 0 Å². The summed E-state index contributed by atoms with van der Waals surface area (Å²) in [5.74, 6) is 2.17. The molecule has 2 atom stereocenters. The van der Waals surface area contributed by atoms with Crippen LogP contribution in [0.15, 0.2) is 35.2 Å². The second-order valence-electron chi connectivity index (χ2n) is 4.81. The minimum atomic E-state index is 0.788. The lowest BCUT2D eigenvalue weighted by Gasteiger charge is -2.20. The molecule has 1 fully saturated rings. The van der Waals surface area contributed by atoms with Crippen molar-refractivity contribution >= 4 is 11.8 Å². The molecule has 0 bridgehead atoms. The van der Waals surface area contributed by atoms with Crippen molar-refractivity contribution in [3.8, 4) is 0 Å². The molecule has 2 rings (SSSR count). The highest BCUT2D eigenvalue weighted by Crippen LogP contribution is 2.30. The van der Waals surface area contributed by atoms with Crippen LogP contribution in [0.5, 0.6) is 0 Å². The van der Waals surface area contributed by atoms with Crippen LogP contribution in [0, 0.1) is 5.92 Å². The molecule has 1 aliphatic rings. The summed E-state index contributed by atoms with van der Waals surface area (Å²) >= 11 is 2.00. The van der Waals surface area contributed by atoms with Crippen molar-refractivity contribution in [2.24, 2.45) is 5.92 Å². The van der Waals surface area contributed by atoms with E-state index in [4.69, 9.17) is 0 Å². The molecule has 2 unspecified atom stereocenters. The first-order valence-electron chi connectivity index (χ1n) is 6.81. The van der Waals surface area contributed by atoms with E-state index in [1.165, 1.54) is 36.3 Å². The zero-order chi connectivity index (χ0) is 11.9. The van der Waals surface area contributed by atoms with E-state index in [9.17, 15) is 0 Å². The Hall–Kier alpha value is -0.470. The molecule has 1 aliphatic carbocycles. The lowest BCUT2D eigenvalue weighted by atomic mass is 10.0. The number of rotatable bonds is 6. The summed E-state index contributed by atoms with van der Waals surface area (Å²) in [5.41, 5.74) is 0. The topological polar surface area (TPSA) is 12.0 Å². The maximum Gasteiger partial charge on any atom is 0.00955 e. The van der Waals surface area contributed by atoms with Crippen molar-refractivity contribution in [2.45, 2.75) is 43.5 Å². The summed E-state index contributed by atoms with van der Waals surface area (Å²) in [6.45, 7) is 3.33. The van der Waals surface area contributed by atoms with Crippen LogP contribution in [0.3, 0.4) is 0 Å². The van der Waals surface area contributed by atoms with Crippen molar-refractivity contribution in [2.75, 3.05) is 12.3 Å². The highest BCUT2D eigenvalue weighted by molar-refractivity contribution is 7.99. The Bertz CT molecular complexity index is 312. The average molecular weight is 249 g/mol. The summed E-state index contributed by atoms with van der Waals surface area (Å²) in [6, 6.07) is 11.5. The van der Waals surface area contributed by atoms with Crippen LogP contribution in [-0.2, 0) is 0 Å². The van der Waals surface area contributed by atoms with E-state index in [0.717, 1.165) is 18.5 Å². The van der Waals surface area contributed by atoms with Gasteiger partial charge in [0.15, 0.2) is 0 Å². The van der Waals surface area contributed by atoms with E-state index in [1.807, 2.05) is 11.8 Å². The van der Waals surface area contributed by atoms with Gasteiger partial charge in [-0.25, -0.2) is 0 Å². The van der Waals surface area contributed by atoms with Gasteiger partial charge >= 0.3 is 0 Å². The summed E-state index contributed by atoms with van der Waals surface area (Å²) in [7, 11) is 0. The van der Waals surface area contributed by atoms with Gasteiger partial charge in [0, 0.05) is 10.9 Å². The smallest absolute Gasteiger partial charge is 0.00955 e. The van der Waals surface area contributed by atoms with Gasteiger partial charge in [0.1, 0.15) is 0 Å². The molecule has 2 heteroatoms. The minimum absolute atomic E-state index is 0.788. The summed E-state index contributed by atoms with van der Waals surface area (Å²) in [4.78, 5) is 1.41. The second kappa shape index (κ2) is 7.07. The molecule has 0 aliphatic heterocycles. The molecule has 1 N–H and O–H groups in total. The van der Waals surface area contributed by atoms with Crippen LogP contribution >= 0.6 is 11.8 Å². The van der Waals surface area contributed by atoms with E-state index >= 15 is 0 Å². The van der Waals surface area contributed by atoms with Gasteiger partial charge in [-0.1, -0.05) is 31.5 Å². The molecule has 0 spiro atoms. The quantitative estimate of drug-likeness (QED) is 0.766.